The average Bonchev–Trinajstić information content (AvgIpc) is 3.01. The molecule has 0 saturated heterocycles. The molecule has 0 heterocycles. The van der Waals surface area contributed by atoms with Crippen LogP contribution in [0.25, 0.3) is 0 Å². The summed E-state index contributed by atoms with van der Waals surface area (Å²) in [5.41, 5.74) is 1.07. The Labute approximate surface area is 174 Å². The second-order valence-corrected chi connectivity index (χ2v) is 7.57. The van der Waals surface area contributed by atoms with Crippen molar-refractivity contribution in [3.63, 3.8) is 0 Å². The standard InChI is InChI=1S/C22H36N4O3/c1-26(2)21(27)17-25-22(24-16-18-10-12-19(28-3)13-11-18)23-14-15-29-20-8-6-4-5-7-9-20/h10-13,20H,4-9,14-17H2,1-3H3,(H2,23,24,25). The van der Waals surface area contributed by atoms with Gasteiger partial charge in [0.25, 0.3) is 0 Å². The van der Waals surface area contributed by atoms with Crippen LogP contribution >= 0.6 is 0 Å². The van der Waals surface area contributed by atoms with Gasteiger partial charge in [0.2, 0.25) is 5.91 Å². The van der Waals surface area contributed by atoms with Gasteiger partial charge in [-0.05, 0) is 30.5 Å². The van der Waals surface area contributed by atoms with Crippen LogP contribution in [-0.2, 0) is 16.1 Å². The van der Waals surface area contributed by atoms with Crippen LogP contribution in [0.2, 0.25) is 0 Å². The molecule has 7 heteroatoms. The van der Waals surface area contributed by atoms with Crippen molar-refractivity contribution < 1.29 is 14.3 Å². The first-order valence-corrected chi connectivity index (χ1v) is 10.6. The molecule has 1 aliphatic carbocycles. The number of hydrogen-bond acceptors (Lipinski definition) is 4. The number of amides is 1. The number of nitrogens with one attached hydrogen (secondary N) is 2. The maximum atomic E-state index is 11.9. The molecule has 0 radical (unpaired) electrons. The quantitative estimate of drug-likeness (QED) is 0.286. The molecule has 29 heavy (non-hydrogen) atoms. The largest absolute Gasteiger partial charge is 0.497 e. The number of rotatable bonds is 9. The number of guanidine groups is 1. The molecule has 7 nitrogen and oxygen atoms in total. The average molecular weight is 405 g/mol. The highest BCUT2D eigenvalue weighted by Gasteiger charge is 2.12. The molecule has 0 aromatic heterocycles. The monoisotopic (exact) mass is 404 g/mol. The summed E-state index contributed by atoms with van der Waals surface area (Å²) in [7, 11) is 5.14. The Hall–Kier alpha value is -2.28. The van der Waals surface area contributed by atoms with Crippen LogP contribution in [0.1, 0.15) is 44.1 Å². The van der Waals surface area contributed by atoms with Crippen molar-refractivity contribution in [2.45, 2.75) is 51.2 Å². The smallest absolute Gasteiger partial charge is 0.241 e. The first kappa shape index (κ1) is 23.0. The van der Waals surface area contributed by atoms with Crippen molar-refractivity contribution in [1.82, 2.24) is 15.5 Å². The fourth-order valence-corrected chi connectivity index (χ4v) is 3.20. The normalized spacial score (nSPS) is 15.5. The van der Waals surface area contributed by atoms with E-state index in [4.69, 9.17) is 9.47 Å². The van der Waals surface area contributed by atoms with E-state index in [9.17, 15) is 4.79 Å². The van der Waals surface area contributed by atoms with Gasteiger partial charge in [0, 0.05) is 20.6 Å². The topological polar surface area (TPSA) is 75.2 Å². The molecule has 0 unspecified atom stereocenters. The van der Waals surface area contributed by atoms with E-state index in [1.807, 2.05) is 24.3 Å². The lowest BCUT2D eigenvalue weighted by molar-refractivity contribution is -0.127. The van der Waals surface area contributed by atoms with Gasteiger partial charge in [-0.25, -0.2) is 4.99 Å². The van der Waals surface area contributed by atoms with E-state index in [1.165, 1.54) is 25.7 Å². The van der Waals surface area contributed by atoms with Crippen molar-refractivity contribution in [1.29, 1.82) is 0 Å². The number of likely N-dealkylation sites (N-methyl/N-ethyl adjacent to an activating group) is 1. The summed E-state index contributed by atoms with van der Waals surface area (Å²) in [6, 6.07) is 7.81. The summed E-state index contributed by atoms with van der Waals surface area (Å²) in [6.45, 7) is 2.00. The van der Waals surface area contributed by atoms with Crippen molar-refractivity contribution in [2.75, 3.05) is 40.9 Å². The van der Waals surface area contributed by atoms with Gasteiger partial charge in [-0.15, -0.1) is 0 Å². The van der Waals surface area contributed by atoms with Gasteiger partial charge < -0.3 is 25.0 Å². The molecule has 1 saturated carbocycles. The van der Waals surface area contributed by atoms with E-state index in [2.05, 4.69) is 15.6 Å². The number of hydrogen-bond donors (Lipinski definition) is 2. The number of carbonyl (C=O) groups excluding carboxylic acids is 1. The van der Waals surface area contributed by atoms with Crippen LogP contribution in [0, 0.1) is 0 Å². The Bertz CT molecular complexity index is 623. The molecular weight excluding hydrogens is 368 g/mol. The van der Waals surface area contributed by atoms with E-state index in [0.717, 1.165) is 24.2 Å². The van der Waals surface area contributed by atoms with E-state index in [1.54, 1.807) is 26.1 Å². The summed E-state index contributed by atoms with van der Waals surface area (Å²) >= 11 is 0. The van der Waals surface area contributed by atoms with Gasteiger partial charge in [-0.2, -0.15) is 0 Å². The van der Waals surface area contributed by atoms with Crippen LogP contribution in [0.4, 0.5) is 0 Å². The third kappa shape index (κ3) is 9.17. The van der Waals surface area contributed by atoms with Gasteiger partial charge in [0.1, 0.15) is 5.75 Å². The van der Waals surface area contributed by atoms with Crippen LogP contribution in [0.15, 0.2) is 29.3 Å². The molecule has 0 spiro atoms. The van der Waals surface area contributed by atoms with Crippen molar-refractivity contribution >= 4 is 11.9 Å². The lowest BCUT2D eigenvalue weighted by Gasteiger charge is -2.17. The molecular formula is C22H36N4O3. The predicted molar refractivity (Wildman–Crippen MR) is 116 cm³/mol. The highest BCUT2D eigenvalue weighted by atomic mass is 16.5. The molecule has 1 fully saturated rings. The highest BCUT2D eigenvalue weighted by molar-refractivity contribution is 5.86. The van der Waals surface area contributed by atoms with Crippen molar-refractivity contribution in [3.8, 4) is 5.75 Å². The molecule has 0 bridgehead atoms. The number of benzene rings is 1. The van der Waals surface area contributed by atoms with Crippen LogP contribution in [0.5, 0.6) is 5.75 Å². The SMILES string of the molecule is COc1ccc(CN=C(NCCOC2CCCCCC2)NCC(=O)N(C)C)cc1. The van der Waals surface area contributed by atoms with Crippen molar-refractivity contribution in [3.05, 3.63) is 29.8 Å². The summed E-state index contributed by atoms with van der Waals surface area (Å²) in [6.07, 6.45) is 7.88. The molecule has 2 N–H and O–H groups in total. The van der Waals surface area contributed by atoms with Crippen molar-refractivity contribution in [2.24, 2.45) is 4.99 Å². The predicted octanol–water partition coefficient (Wildman–Crippen LogP) is 2.56. The zero-order valence-corrected chi connectivity index (χ0v) is 18.1. The van der Waals surface area contributed by atoms with E-state index in [-0.39, 0.29) is 12.5 Å². The minimum absolute atomic E-state index is 0.00125. The van der Waals surface area contributed by atoms with Gasteiger partial charge >= 0.3 is 0 Å². The highest BCUT2D eigenvalue weighted by Crippen LogP contribution is 2.19. The Balaban J connectivity index is 1.84. The Morgan fingerprint density at radius 2 is 1.79 bits per heavy atom. The van der Waals surface area contributed by atoms with E-state index in [0.29, 0.717) is 31.8 Å². The molecule has 1 aliphatic rings. The molecule has 0 aliphatic heterocycles. The minimum atomic E-state index is -0.00125. The molecule has 162 valence electrons. The molecule has 2 rings (SSSR count). The fourth-order valence-electron chi connectivity index (χ4n) is 3.20. The maximum absolute atomic E-state index is 11.9. The third-order valence-electron chi connectivity index (χ3n) is 5.03. The van der Waals surface area contributed by atoms with Gasteiger partial charge in [0.15, 0.2) is 5.96 Å². The van der Waals surface area contributed by atoms with Crippen LogP contribution in [0.3, 0.4) is 0 Å². The second kappa shape index (κ2) is 13.0. The lowest BCUT2D eigenvalue weighted by atomic mass is 10.1. The Morgan fingerprint density at radius 3 is 2.41 bits per heavy atom. The van der Waals surface area contributed by atoms with Crippen LogP contribution < -0.4 is 15.4 Å². The molecule has 0 atom stereocenters. The molecule has 1 aromatic carbocycles. The molecule has 1 amide bonds. The number of methoxy groups -OCH3 is 1. The maximum Gasteiger partial charge on any atom is 0.241 e. The second-order valence-electron chi connectivity index (χ2n) is 7.57. The minimum Gasteiger partial charge on any atom is -0.497 e. The lowest BCUT2D eigenvalue weighted by Crippen LogP contribution is -2.44. The van der Waals surface area contributed by atoms with E-state index >= 15 is 0 Å². The Morgan fingerprint density at radius 1 is 1.10 bits per heavy atom. The zero-order valence-electron chi connectivity index (χ0n) is 18.1. The Kier molecular flexibility index (Phi) is 10.3. The third-order valence-corrected chi connectivity index (χ3v) is 5.03. The number of carbonyl (C=O) groups is 1. The molecule has 1 aromatic rings. The summed E-state index contributed by atoms with van der Waals surface area (Å²) in [4.78, 5) is 18.1. The first-order chi connectivity index (χ1) is 14.1. The van der Waals surface area contributed by atoms with Gasteiger partial charge in [0.05, 0.1) is 32.9 Å². The number of ether oxygens (including phenoxy) is 2. The summed E-state index contributed by atoms with van der Waals surface area (Å²) < 4.78 is 11.2. The van der Waals surface area contributed by atoms with Gasteiger partial charge in [-0.3, -0.25) is 4.79 Å². The summed E-state index contributed by atoms with van der Waals surface area (Å²) in [5.74, 6) is 1.43. The number of aliphatic imine (C=N–C) groups is 1. The zero-order chi connectivity index (χ0) is 20.9. The van der Waals surface area contributed by atoms with Gasteiger partial charge in [-0.1, -0.05) is 37.8 Å². The fraction of sp³-hybridized carbons (Fsp3) is 0.636. The number of nitrogens with zero attached hydrogens (tertiary/aromatic N) is 2. The summed E-state index contributed by atoms with van der Waals surface area (Å²) in [5, 5.41) is 6.39. The van der Waals surface area contributed by atoms with E-state index < -0.39 is 0 Å². The first-order valence-electron chi connectivity index (χ1n) is 10.6. The van der Waals surface area contributed by atoms with Crippen LogP contribution in [-0.4, -0.2) is 63.8 Å².